The van der Waals surface area contributed by atoms with Gasteiger partial charge in [0, 0.05) is 35.4 Å². The van der Waals surface area contributed by atoms with Crippen LogP contribution < -0.4 is 25.6 Å². The molecule has 16 heteroatoms. The fourth-order valence-corrected chi connectivity index (χ4v) is 6.41. The van der Waals surface area contributed by atoms with Gasteiger partial charge >= 0.3 is 12.4 Å². The smallest absolute Gasteiger partial charge is 0.406 e. The fraction of sp³-hybridized carbons (Fsp3) is 0.158. The van der Waals surface area contributed by atoms with Gasteiger partial charge in [-0.3, -0.25) is 24.4 Å². The number of anilines is 3. The number of amides is 5. The van der Waals surface area contributed by atoms with Crippen LogP contribution in [0.15, 0.2) is 110 Å². The Balaban J connectivity index is 1.43. The number of ether oxygens (including phenoxy) is 1. The molecule has 5 aromatic rings. The first-order chi connectivity index (χ1) is 25.7. The summed E-state index contributed by atoms with van der Waals surface area (Å²) in [4.78, 5) is 64.3. The molecule has 5 amide bonds. The summed E-state index contributed by atoms with van der Waals surface area (Å²) in [6.07, 6.45) is 0.522. The Kier molecular flexibility index (Phi) is 10.1. The molecule has 1 fully saturated rings. The zero-order chi connectivity index (χ0) is 38.8. The number of pyridine rings is 2. The molecule has 54 heavy (non-hydrogen) atoms. The molecular formula is C38H29F5N6O5. The SMILES string of the molecule is CC(c1ccncc1NC(=O)c1ccc(F)cc1)C1(C(C)c2ccncc2NC(=O)c2ccc(F)cc2)NC(=O)N(c2ccc(OC(F)(F)F)cc2)C1=O. The molecule has 1 aliphatic heterocycles. The number of halogens is 5. The molecule has 3 aromatic carbocycles. The van der Waals surface area contributed by atoms with E-state index in [1.807, 2.05) is 0 Å². The van der Waals surface area contributed by atoms with Crippen LogP contribution in [0.3, 0.4) is 0 Å². The van der Waals surface area contributed by atoms with Crippen LogP contribution in [0.1, 0.15) is 57.5 Å². The number of hydrogen-bond donors (Lipinski definition) is 3. The van der Waals surface area contributed by atoms with Gasteiger partial charge in [-0.2, -0.15) is 0 Å². The second-order valence-electron chi connectivity index (χ2n) is 12.3. The maximum absolute atomic E-state index is 14.9. The van der Waals surface area contributed by atoms with E-state index in [1.165, 1.54) is 61.2 Å². The van der Waals surface area contributed by atoms with Crippen LogP contribution in [0.2, 0.25) is 0 Å². The molecule has 276 valence electrons. The van der Waals surface area contributed by atoms with E-state index in [0.29, 0.717) is 11.1 Å². The van der Waals surface area contributed by atoms with E-state index in [-0.39, 0.29) is 28.2 Å². The minimum absolute atomic E-state index is 0.0765. The molecule has 1 aliphatic rings. The number of nitrogens with one attached hydrogen (secondary N) is 3. The lowest BCUT2D eigenvalue weighted by Crippen LogP contribution is -2.55. The van der Waals surface area contributed by atoms with Crippen molar-refractivity contribution in [1.82, 2.24) is 15.3 Å². The number of carbonyl (C=O) groups excluding carboxylic acids is 4. The Morgan fingerprint density at radius 2 is 1.17 bits per heavy atom. The van der Waals surface area contributed by atoms with Gasteiger partial charge in [-0.15, -0.1) is 13.2 Å². The highest BCUT2D eigenvalue weighted by Gasteiger charge is 2.59. The minimum Gasteiger partial charge on any atom is -0.406 e. The van der Waals surface area contributed by atoms with Crippen molar-refractivity contribution >= 4 is 40.8 Å². The van der Waals surface area contributed by atoms with E-state index < -0.39 is 64.9 Å². The molecule has 0 aliphatic carbocycles. The number of aromatic nitrogens is 2. The van der Waals surface area contributed by atoms with Gasteiger partial charge in [0.05, 0.1) is 29.5 Å². The summed E-state index contributed by atoms with van der Waals surface area (Å²) in [5, 5.41) is 8.31. The lowest BCUT2D eigenvalue weighted by Gasteiger charge is -2.39. The van der Waals surface area contributed by atoms with Crippen LogP contribution in [0, 0.1) is 11.6 Å². The Morgan fingerprint density at radius 3 is 1.59 bits per heavy atom. The van der Waals surface area contributed by atoms with Gasteiger partial charge in [-0.25, -0.2) is 18.5 Å². The van der Waals surface area contributed by atoms with Crippen LogP contribution in [0.25, 0.3) is 0 Å². The van der Waals surface area contributed by atoms with Gasteiger partial charge in [0.2, 0.25) is 0 Å². The fourth-order valence-electron chi connectivity index (χ4n) is 6.41. The average molecular weight is 745 g/mol. The molecule has 0 radical (unpaired) electrons. The summed E-state index contributed by atoms with van der Waals surface area (Å²) in [5.74, 6) is -5.74. The highest BCUT2D eigenvalue weighted by Crippen LogP contribution is 2.47. The first-order valence-electron chi connectivity index (χ1n) is 16.2. The van der Waals surface area contributed by atoms with Crippen LogP contribution in [0.4, 0.5) is 43.8 Å². The van der Waals surface area contributed by atoms with Crippen molar-refractivity contribution < 1.29 is 45.9 Å². The van der Waals surface area contributed by atoms with Gasteiger partial charge in [-0.05, 0) is 96.1 Å². The van der Waals surface area contributed by atoms with Crippen LogP contribution in [-0.4, -0.2) is 45.6 Å². The Hall–Kier alpha value is -6.71. The molecule has 2 aromatic heterocycles. The number of alkyl halides is 3. The van der Waals surface area contributed by atoms with E-state index in [1.54, 1.807) is 13.8 Å². The number of nitrogens with zero attached hydrogens (tertiary/aromatic N) is 3. The standard InChI is InChI=1S/C38H29F5N6O5/c1-21(29-15-17-44-19-31(29)46-33(50)23-3-7-25(39)8-4-23)37(35(52)49(36(53)48-37)27-11-13-28(14-12-27)54-38(41,42)43)22(2)30-16-18-45-20-32(30)47-34(51)24-5-9-26(40)10-6-24/h3-22H,1-2H3,(H,46,50)(H,47,51)(H,48,53). The third-order valence-corrected chi connectivity index (χ3v) is 9.12. The van der Waals surface area contributed by atoms with Gasteiger partial charge in [0.1, 0.15) is 22.9 Å². The quantitative estimate of drug-likeness (QED) is 0.0990. The Morgan fingerprint density at radius 1 is 0.722 bits per heavy atom. The highest BCUT2D eigenvalue weighted by atomic mass is 19.4. The third kappa shape index (κ3) is 7.44. The van der Waals surface area contributed by atoms with E-state index in [2.05, 4.69) is 30.7 Å². The molecular weight excluding hydrogens is 715 g/mol. The summed E-state index contributed by atoms with van der Waals surface area (Å²) in [6.45, 7) is 3.25. The van der Waals surface area contributed by atoms with Crippen molar-refractivity contribution in [3.63, 3.8) is 0 Å². The molecule has 1 saturated heterocycles. The highest BCUT2D eigenvalue weighted by molar-refractivity contribution is 6.24. The Bertz CT molecular complexity index is 2110. The Labute approximate surface area is 304 Å². The average Bonchev–Trinajstić information content (AvgIpc) is 3.41. The molecule has 3 heterocycles. The van der Waals surface area contributed by atoms with E-state index >= 15 is 0 Å². The van der Waals surface area contributed by atoms with Crippen molar-refractivity contribution in [1.29, 1.82) is 0 Å². The molecule has 0 spiro atoms. The number of benzene rings is 3. The lowest BCUT2D eigenvalue weighted by atomic mass is 9.69. The van der Waals surface area contributed by atoms with Crippen molar-refractivity contribution in [3.8, 4) is 5.75 Å². The molecule has 2 atom stereocenters. The lowest BCUT2D eigenvalue weighted by molar-refractivity contribution is -0.274. The summed E-state index contributed by atoms with van der Waals surface area (Å²) in [5.41, 5.74) is -0.771. The number of rotatable bonds is 10. The van der Waals surface area contributed by atoms with Gasteiger partial charge in [0.15, 0.2) is 0 Å². The van der Waals surface area contributed by atoms with Crippen molar-refractivity contribution in [2.24, 2.45) is 0 Å². The molecule has 0 bridgehead atoms. The number of imide groups is 1. The van der Waals surface area contributed by atoms with Crippen molar-refractivity contribution in [2.75, 3.05) is 15.5 Å². The zero-order valence-electron chi connectivity index (χ0n) is 28.3. The second kappa shape index (κ2) is 14.7. The summed E-state index contributed by atoms with van der Waals surface area (Å²) in [7, 11) is 0. The summed E-state index contributed by atoms with van der Waals surface area (Å²) in [6, 6.07) is 15.9. The van der Waals surface area contributed by atoms with Gasteiger partial charge in [0.25, 0.3) is 17.7 Å². The normalized spacial score (nSPS) is 16.7. The third-order valence-electron chi connectivity index (χ3n) is 9.12. The van der Waals surface area contributed by atoms with Gasteiger partial charge < -0.3 is 20.7 Å². The summed E-state index contributed by atoms with van der Waals surface area (Å²) < 4.78 is 69.7. The topological polar surface area (TPSA) is 143 Å². The molecule has 3 N–H and O–H groups in total. The van der Waals surface area contributed by atoms with E-state index in [0.717, 1.165) is 53.4 Å². The number of hydrogen-bond acceptors (Lipinski definition) is 7. The van der Waals surface area contributed by atoms with Crippen LogP contribution >= 0.6 is 0 Å². The molecule has 11 nitrogen and oxygen atoms in total. The predicted octanol–water partition coefficient (Wildman–Crippen LogP) is 7.56. The van der Waals surface area contributed by atoms with Crippen molar-refractivity contribution in [2.45, 2.75) is 37.6 Å². The van der Waals surface area contributed by atoms with Gasteiger partial charge in [-0.1, -0.05) is 13.8 Å². The van der Waals surface area contributed by atoms with E-state index in [9.17, 15) is 41.1 Å². The first kappa shape index (κ1) is 37.1. The monoisotopic (exact) mass is 744 g/mol. The molecule has 6 rings (SSSR count). The zero-order valence-corrected chi connectivity index (χ0v) is 28.3. The maximum Gasteiger partial charge on any atom is 0.573 e. The molecule has 0 saturated carbocycles. The first-order valence-corrected chi connectivity index (χ1v) is 16.2. The largest absolute Gasteiger partial charge is 0.573 e. The molecule has 2 unspecified atom stereocenters. The van der Waals surface area contributed by atoms with Crippen LogP contribution in [0.5, 0.6) is 5.75 Å². The van der Waals surface area contributed by atoms with Crippen molar-refractivity contribution in [3.05, 3.63) is 144 Å². The minimum atomic E-state index is -4.98. The maximum atomic E-state index is 14.9. The van der Waals surface area contributed by atoms with Crippen LogP contribution in [-0.2, 0) is 4.79 Å². The number of urea groups is 1. The predicted molar refractivity (Wildman–Crippen MR) is 186 cm³/mol. The summed E-state index contributed by atoms with van der Waals surface area (Å²) >= 11 is 0. The van der Waals surface area contributed by atoms with E-state index in [4.69, 9.17) is 0 Å². The number of carbonyl (C=O) groups is 4. The second-order valence-corrected chi connectivity index (χ2v) is 12.3.